The van der Waals surface area contributed by atoms with E-state index in [0.717, 1.165) is 12.5 Å². The van der Waals surface area contributed by atoms with E-state index in [4.69, 9.17) is 4.74 Å². The fourth-order valence-corrected chi connectivity index (χ4v) is 2.26. The van der Waals surface area contributed by atoms with Crippen LogP contribution in [0.5, 0.6) is 0 Å². The molecule has 0 aliphatic heterocycles. The molecule has 1 aliphatic rings. The molecule has 1 aliphatic carbocycles. The zero-order valence-corrected chi connectivity index (χ0v) is 9.69. The van der Waals surface area contributed by atoms with Crippen LogP contribution >= 0.6 is 11.8 Å². The average molecular weight is 203 g/mol. The summed E-state index contributed by atoms with van der Waals surface area (Å²) in [5.74, 6) is 2.07. The quantitative estimate of drug-likeness (QED) is 0.681. The van der Waals surface area contributed by atoms with Gasteiger partial charge < -0.3 is 10.1 Å². The number of nitrogens with one attached hydrogen (secondary N) is 1. The van der Waals surface area contributed by atoms with Crippen LogP contribution in [-0.2, 0) is 4.74 Å². The summed E-state index contributed by atoms with van der Waals surface area (Å²) in [6, 6.07) is 1.20. The molecule has 2 atom stereocenters. The summed E-state index contributed by atoms with van der Waals surface area (Å²) in [6.07, 6.45) is 4.92. The van der Waals surface area contributed by atoms with Crippen LogP contribution < -0.4 is 5.32 Å². The van der Waals surface area contributed by atoms with Crippen molar-refractivity contribution in [3.63, 3.8) is 0 Å². The molecular weight excluding hydrogens is 182 g/mol. The first-order chi connectivity index (χ1) is 6.27. The van der Waals surface area contributed by atoms with Gasteiger partial charge in [0.15, 0.2) is 0 Å². The van der Waals surface area contributed by atoms with E-state index in [-0.39, 0.29) is 0 Å². The SMILES string of the molecule is COCC(NC(C)CSC)C1CC1. The van der Waals surface area contributed by atoms with Gasteiger partial charge in [-0.25, -0.2) is 0 Å². The lowest BCUT2D eigenvalue weighted by Crippen LogP contribution is -2.42. The maximum absolute atomic E-state index is 5.21. The summed E-state index contributed by atoms with van der Waals surface area (Å²) < 4.78 is 5.21. The molecule has 2 nitrogen and oxygen atoms in total. The Balaban J connectivity index is 2.20. The van der Waals surface area contributed by atoms with Crippen molar-refractivity contribution in [1.29, 1.82) is 0 Å². The summed E-state index contributed by atoms with van der Waals surface area (Å²) in [5, 5.41) is 3.63. The van der Waals surface area contributed by atoms with Gasteiger partial charge >= 0.3 is 0 Å². The highest BCUT2D eigenvalue weighted by Gasteiger charge is 2.31. The van der Waals surface area contributed by atoms with Crippen molar-refractivity contribution in [2.75, 3.05) is 25.7 Å². The van der Waals surface area contributed by atoms with Crippen molar-refractivity contribution < 1.29 is 4.74 Å². The van der Waals surface area contributed by atoms with Crippen LogP contribution in [-0.4, -0.2) is 37.8 Å². The van der Waals surface area contributed by atoms with E-state index < -0.39 is 0 Å². The van der Waals surface area contributed by atoms with E-state index in [1.165, 1.54) is 18.6 Å². The van der Waals surface area contributed by atoms with Crippen molar-refractivity contribution >= 4 is 11.8 Å². The Morgan fingerprint density at radius 2 is 2.23 bits per heavy atom. The second-order valence-corrected chi connectivity index (χ2v) is 4.83. The molecule has 1 N–H and O–H groups in total. The van der Waals surface area contributed by atoms with Crippen molar-refractivity contribution in [1.82, 2.24) is 5.32 Å². The third-order valence-electron chi connectivity index (χ3n) is 2.45. The molecule has 0 spiro atoms. The van der Waals surface area contributed by atoms with Gasteiger partial charge in [-0.05, 0) is 31.9 Å². The molecule has 1 rings (SSSR count). The van der Waals surface area contributed by atoms with Crippen LogP contribution in [0, 0.1) is 5.92 Å². The zero-order chi connectivity index (χ0) is 9.68. The molecule has 13 heavy (non-hydrogen) atoms. The van der Waals surface area contributed by atoms with Crippen LogP contribution in [0.25, 0.3) is 0 Å². The van der Waals surface area contributed by atoms with E-state index in [9.17, 15) is 0 Å². The van der Waals surface area contributed by atoms with Crippen molar-refractivity contribution in [3.05, 3.63) is 0 Å². The lowest BCUT2D eigenvalue weighted by atomic mass is 10.2. The number of ether oxygens (including phenoxy) is 1. The molecular formula is C10H21NOS. The molecule has 0 amide bonds. The zero-order valence-electron chi connectivity index (χ0n) is 8.88. The monoisotopic (exact) mass is 203 g/mol. The number of rotatable bonds is 7. The highest BCUT2D eigenvalue weighted by Crippen LogP contribution is 2.32. The number of methoxy groups -OCH3 is 1. The van der Waals surface area contributed by atoms with Gasteiger partial charge in [-0.2, -0.15) is 11.8 Å². The maximum atomic E-state index is 5.21. The summed E-state index contributed by atoms with van der Waals surface area (Å²) >= 11 is 1.90. The third kappa shape index (κ3) is 4.34. The Morgan fingerprint density at radius 3 is 2.69 bits per heavy atom. The van der Waals surface area contributed by atoms with Crippen LogP contribution in [0.15, 0.2) is 0 Å². The Morgan fingerprint density at radius 1 is 1.54 bits per heavy atom. The topological polar surface area (TPSA) is 21.3 Å². The summed E-state index contributed by atoms with van der Waals surface area (Å²) in [6.45, 7) is 3.12. The molecule has 0 aromatic carbocycles. The fourth-order valence-electron chi connectivity index (χ4n) is 1.66. The Bertz CT molecular complexity index is 139. The molecule has 2 unspecified atom stereocenters. The van der Waals surface area contributed by atoms with Gasteiger partial charge in [0.1, 0.15) is 0 Å². The minimum atomic E-state index is 0.590. The highest BCUT2D eigenvalue weighted by atomic mass is 32.2. The van der Waals surface area contributed by atoms with Gasteiger partial charge in [-0.3, -0.25) is 0 Å². The van der Waals surface area contributed by atoms with Crippen molar-refractivity contribution in [2.24, 2.45) is 5.92 Å². The predicted octanol–water partition coefficient (Wildman–Crippen LogP) is 1.75. The summed E-state index contributed by atoms with van der Waals surface area (Å²) in [7, 11) is 1.79. The Kier molecular flexibility index (Phi) is 5.14. The first-order valence-electron chi connectivity index (χ1n) is 5.01. The number of hydrogen-bond acceptors (Lipinski definition) is 3. The Hall–Kier alpha value is 0.270. The van der Waals surface area contributed by atoms with Crippen LogP contribution in [0.1, 0.15) is 19.8 Å². The second kappa shape index (κ2) is 5.89. The van der Waals surface area contributed by atoms with E-state index in [1.54, 1.807) is 7.11 Å². The van der Waals surface area contributed by atoms with Gasteiger partial charge in [-0.15, -0.1) is 0 Å². The molecule has 1 fully saturated rings. The minimum absolute atomic E-state index is 0.590. The summed E-state index contributed by atoms with van der Waals surface area (Å²) in [5.41, 5.74) is 0. The molecule has 0 saturated heterocycles. The molecule has 78 valence electrons. The van der Waals surface area contributed by atoms with Crippen LogP contribution in [0.4, 0.5) is 0 Å². The first-order valence-corrected chi connectivity index (χ1v) is 6.41. The fraction of sp³-hybridized carbons (Fsp3) is 1.00. The first kappa shape index (κ1) is 11.3. The molecule has 0 aromatic heterocycles. The summed E-state index contributed by atoms with van der Waals surface area (Å²) in [4.78, 5) is 0. The standard InChI is InChI=1S/C10H21NOS/c1-8(7-13-3)11-10(6-12-2)9-4-5-9/h8-11H,4-7H2,1-3H3. The van der Waals surface area contributed by atoms with Gasteiger partial charge in [0, 0.05) is 24.9 Å². The lowest BCUT2D eigenvalue weighted by Gasteiger charge is -2.22. The third-order valence-corrected chi connectivity index (χ3v) is 3.29. The molecule has 1 saturated carbocycles. The average Bonchev–Trinajstić information content (AvgIpc) is 2.86. The molecule has 0 radical (unpaired) electrons. The normalized spacial score (nSPS) is 21.5. The number of thioether (sulfide) groups is 1. The van der Waals surface area contributed by atoms with E-state index in [2.05, 4.69) is 18.5 Å². The molecule has 0 bridgehead atoms. The van der Waals surface area contributed by atoms with Crippen molar-refractivity contribution in [3.8, 4) is 0 Å². The van der Waals surface area contributed by atoms with E-state index in [1.807, 2.05) is 11.8 Å². The van der Waals surface area contributed by atoms with Crippen LogP contribution in [0.3, 0.4) is 0 Å². The number of hydrogen-bond donors (Lipinski definition) is 1. The van der Waals surface area contributed by atoms with Gasteiger partial charge in [0.25, 0.3) is 0 Å². The molecule has 0 heterocycles. The van der Waals surface area contributed by atoms with E-state index >= 15 is 0 Å². The smallest absolute Gasteiger partial charge is 0.0618 e. The van der Waals surface area contributed by atoms with Crippen LogP contribution in [0.2, 0.25) is 0 Å². The predicted molar refractivity (Wildman–Crippen MR) is 59.4 cm³/mol. The maximum Gasteiger partial charge on any atom is 0.0618 e. The highest BCUT2D eigenvalue weighted by molar-refractivity contribution is 7.98. The van der Waals surface area contributed by atoms with Crippen molar-refractivity contribution in [2.45, 2.75) is 31.8 Å². The lowest BCUT2D eigenvalue weighted by molar-refractivity contribution is 0.154. The van der Waals surface area contributed by atoms with E-state index in [0.29, 0.717) is 12.1 Å². The minimum Gasteiger partial charge on any atom is -0.383 e. The largest absolute Gasteiger partial charge is 0.383 e. The van der Waals surface area contributed by atoms with Gasteiger partial charge in [0.2, 0.25) is 0 Å². The van der Waals surface area contributed by atoms with Gasteiger partial charge in [0.05, 0.1) is 6.61 Å². The second-order valence-electron chi connectivity index (χ2n) is 3.92. The molecule has 0 aromatic rings. The molecule has 3 heteroatoms. The Labute approximate surface area is 85.8 Å². The van der Waals surface area contributed by atoms with Gasteiger partial charge in [-0.1, -0.05) is 0 Å².